The molecule has 0 bridgehead atoms. The molecular weight excluding hydrogens is 414 g/mol. The summed E-state index contributed by atoms with van der Waals surface area (Å²) < 4.78 is 10.8. The third-order valence-corrected chi connectivity index (χ3v) is 6.37. The lowest BCUT2D eigenvalue weighted by atomic mass is 9.81. The molecule has 0 saturated heterocycles. The molecule has 0 fully saturated rings. The van der Waals surface area contributed by atoms with Gasteiger partial charge in [0.25, 0.3) is 5.91 Å². The number of nitrogens with zero attached hydrogens (tertiary/aromatic N) is 2. The third-order valence-electron chi connectivity index (χ3n) is 5.43. The lowest BCUT2D eigenvalue weighted by Crippen LogP contribution is -2.43. The number of nitrogens with one attached hydrogen (secondary N) is 1. The van der Waals surface area contributed by atoms with Gasteiger partial charge < -0.3 is 19.7 Å². The van der Waals surface area contributed by atoms with Crippen LogP contribution >= 0.6 is 11.3 Å². The Hall–Kier alpha value is -3.39. The number of amides is 2. The van der Waals surface area contributed by atoms with Crippen LogP contribution in [0.1, 0.15) is 38.5 Å². The van der Waals surface area contributed by atoms with Crippen molar-refractivity contribution in [3.63, 3.8) is 0 Å². The molecule has 2 atom stereocenters. The van der Waals surface area contributed by atoms with Crippen LogP contribution in [0.2, 0.25) is 0 Å². The number of likely N-dealkylation sites (N-methyl/N-ethyl adjacent to an activating group) is 1. The Balaban J connectivity index is 1.86. The number of carbonyl (C=O) groups excluding carboxylic acids is 2. The molecule has 3 heterocycles. The minimum absolute atomic E-state index is 0.174. The summed E-state index contributed by atoms with van der Waals surface area (Å²) in [6.45, 7) is 1.86. The topological polar surface area (TPSA) is 80.8 Å². The summed E-state index contributed by atoms with van der Waals surface area (Å²) in [5, 5.41) is 4.87. The van der Waals surface area contributed by atoms with E-state index in [9.17, 15) is 9.59 Å². The molecule has 0 spiro atoms. The minimum atomic E-state index is -0.654. The van der Waals surface area contributed by atoms with Gasteiger partial charge in [-0.1, -0.05) is 12.1 Å². The first kappa shape index (κ1) is 20.9. The summed E-state index contributed by atoms with van der Waals surface area (Å²) in [4.78, 5) is 33.8. The standard InChI is InChI=1S/C23H23N3O4S/c1-13-7-5-9-19(24-13)25-22(27)20-14-11-16(29-3)17(30-4)12-15(14)23(28)26(2)21(20)18-8-6-10-31-18/h5-12,20-21H,1-4H3,(H,24,25,27)/t20-,21+/m0/s1. The van der Waals surface area contributed by atoms with Gasteiger partial charge in [-0.05, 0) is 48.2 Å². The Morgan fingerprint density at radius 1 is 1.13 bits per heavy atom. The van der Waals surface area contributed by atoms with Gasteiger partial charge in [0, 0.05) is 23.2 Å². The highest BCUT2D eigenvalue weighted by Gasteiger charge is 2.44. The van der Waals surface area contributed by atoms with Gasteiger partial charge in [-0.15, -0.1) is 11.3 Å². The van der Waals surface area contributed by atoms with E-state index in [-0.39, 0.29) is 11.8 Å². The summed E-state index contributed by atoms with van der Waals surface area (Å²) in [5.41, 5.74) is 1.82. The maximum atomic E-state index is 13.6. The number of thiophene rings is 1. The fraction of sp³-hybridized carbons (Fsp3) is 0.261. The van der Waals surface area contributed by atoms with E-state index in [2.05, 4.69) is 10.3 Å². The Kier molecular flexibility index (Phi) is 5.65. The molecule has 0 aliphatic carbocycles. The highest BCUT2D eigenvalue weighted by atomic mass is 32.1. The lowest BCUT2D eigenvalue weighted by molar-refractivity contribution is -0.119. The van der Waals surface area contributed by atoms with Crippen LogP contribution in [-0.4, -0.2) is 43.0 Å². The summed E-state index contributed by atoms with van der Waals surface area (Å²) >= 11 is 1.51. The Labute approximate surface area is 184 Å². The van der Waals surface area contributed by atoms with Crippen molar-refractivity contribution < 1.29 is 19.1 Å². The van der Waals surface area contributed by atoms with Crippen LogP contribution in [0.25, 0.3) is 0 Å². The molecule has 8 heteroatoms. The van der Waals surface area contributed by atoms with E-state index in [4.69, 9.17) is 9.47 Å². The average Bonchev–Trinajstić information content (AvgIpc) is 3.29. The highest BCUT2D eigenvalue weighted by Crippen LogP contribution is 2.46. The van der Waals surface area contributed by atoms with Gasteiger partial charge in [-0.2, -0.15) is 0 Å². The second-order valence-corrected chi connectivity index (χ2v) is 8.28. The van der Waals surface area contributed by atoms with Crippen molar-refractivity contribution in [2.45, 2.75) is 18.9 Å². The molecule has 0 saturated carbocycles. The SMILES string of the molecule is COc1cc2c(cc1OC)[C@H](C(=O)Nc1cccc(C)n1)[C@@H](c1cccs1)N(C)C2=O. The van der Waals surface area contributed by atoms with E-state index >= 15 is 0 Å². The van der Waals surface area contributed by atoms with Gasteiger partial charge in [-0.3, -0.25) is 9.59 Å². The molecule has 160 valence electrons. The zero-order valence-corrected chi connectivity index (χ0v) is 18.5. The van der Waals surface area contributed by atoms with E-state index in [0.29, 0.717) is 28.4 Å². The number of methoxy groups -OCH3 is 2. The number of hydrogen-bond acceptors (Lipinski definition) is 6. The number of pyridine rings is 1. The quantitative estimate of drug-likeness (QED) is 0.652. The fourth-order valence-electron chi connectivity index (χ4n) is 3.96. The van der Waals surface area contributed by atoms with Crippen LogP contribution in [0, 0.1) is 6.92 Å². The number of aryl methyl sites for hydroxylation is 1. The molecule has 0 radical (unpaired) electrons. The van der Waals surface area contributed by atoms with E-state index in [1.165, 1.54) is 25.6 Å². The van der Waals surface area contributed by atoms with Crippen molar-refractivity contribution in [2.75, 3.05) is 26.6 Å². The smallest absolute Gasteiger partial charge is 0.254 e. The Morgan fingerprint density at radius 2 is 1.87 bits per heavy atom. The van der Waals surface area contributed by atoms with E-state index in [0.717, 1.165) is 10.6 Å². The summed E-state index contributed by atoms with van der Waals surface area (Å²) in [5.74, 6) is 0.304. The van der Waals surface area contributed by atoms with Crippen molar-refractivity contribution in [3.8, 4) is 11.5 Å². The van der Waals surface area contributed by atoms with Crippen LogP contribution in [0.4, 0.5) is 5.82 Å². The first-order chi connectivity index (χ1) is 14.9. The number of hydrogen-bond donors (Lipinski definition) is 1. The molecule has 1 N–H and O–H groups in total. The summed E-state index contributed by atoms with van der Waals surface area (Å²) in [7, 11) is 4.77. The molecule has 2 amide bonds. The molecular formula is C23H23N3O4S. The molecule has 1 aromatic carbocycles. The molecule has 31 heavy (non-hydrogen) atoms. The van der Waals surface area contributed by atoms with Crippen molar-refractivity contribution >= 4 is 29.0 Å². The molecule has 4 rings (SSSR count). The minimum Gasteiger partial charge on any atom is -0.493 e. The molecule has 7 nitrogen and oxygen atoms in total. The monoisotopic (exact) mass is 437 g/mol. The number of carbonyl (C=O) groups is 2. The second-order valence-electron chi connectivity index (χ2n) is 7.30. The van der Waals surface area contributed by atoms with Gasteiger partial charge in [0.15, 0.2) is 11.5 Å². The van der Waals surface area contributed by atoms with Gasteiger partial charge in [0.05, 0.1) is 26.2 Å². The molecule has 1 aliphatic heterocycles. The molecule has 0 unspecified atom stereocenters. The van der Waals surface area contributed by atoms with Gasteiger partial charge in [0.2, 0.25) is 5.91 Å². The van der Waals surface area contributed by atoms with Gasteiger partial charge in [0.1, 0.15) is 5.82 Å². The van der Waals surface area contributed by atoms with Crippen molar-refractivity contribution in [1.29, 1.82) is 0 Å². The number of rotatable bonds is 5. The maximum absolute atomic E-state index is 13.6. The van der Waals surface area contributed by atoms with Crippen LogP contribution in [0.15, 0.2) is 47.8 Å². The number of ether oxygens (including phenoxy) is 2. The lowest BCUT2D eigenvalue weighted by Gasteiger charge is -2.39. The van der Waals surface area contributed by atoms with Crippen LogP contribution in [-0.2, 0) is 4.79 Å². The first-order valence-corrected chi connectivity index (χ1v) is 10.6. The summed E-state index contributed by atoms with van der Waals surface area (Å²) in [6.07, 6.45) is 0. The normalized spacial score (nSPS) is 17.8. The van der Waals surface area contributed by atoms with Gasteiger partial charge >= 0.3 is 0 Å². The number of fused-ring (bicyclic) bond motifs is 1. The molecule has 2 aromatic heterocycles. The zero-order valence-electron chi connectivity index (χ0n) is 17.7. The first-order valence-electron chi connectivity index (χ1n) is 9.75. The van der Waals surface area contributed by atoms with Crippen molar-refractivity contribution in [3.05, 3.63) is 69.5 Å². The molecule has 3 aromatic rings. The second kappa shape index (κ2) is 8.39. The van der Waals surface area contributed by atoms with E-state index < -0.39 is 12.0 Å². The van der Waals surface area contributed by atoms with Crippen LogP contribution < -0.4 is 14.8 Å². The fourth-order valence-corrected chi connectivity index (χ4v) is 4.87. The van der Waals surface area contributed by atoms with Crippen molar-refractivity contribution in [2.24, 2.45) is 0 Å². The van der Waals surface area contributed by atoms with Crippen LogP contribution in [0.5, 0.6) is 11.5 Å². The highest BCUT2D eigenvalue weighted by molar-refractivity contribution is 7.10. The van der Waals surface area contributed by atoms with Crippen LogP contribution in [0.3, 0.4) is 0 Å². The number of benzene rings is 1. The predicted molar refractivity (Wildman–Crippen MR) is 119 cm³/mol. The Morgan fingerprint density at radius 3 is 2.52 bits per heavy atom. The average molecular weight is 438 g/mol. The summed E-state index contributed by atoms with van der Waals surface area (Å²) in [6, 6.07) is 12.2. The third kappa shape index (κ3) is 3.74. The maximum Gasteiger partial charge on any atom is 0.254 e. The van der Waals surface area contributed by atoms with Crippen molar-refractivity contribution in [1.82, 2.24) is 9.88 Å². The predicted octanol–water partition coefficient (Wildman–Crippen LogP) is 4.02. The van der Waals surface area contributed by atoms with E-state index in [1.54, 1.807) is 30.1 Å². The van der Waals surface area contributed by atoms with Gasteiger partial charge in [-0.25, -0.2) is 4.98 Å². The molecule has 1 aliphatic rings. The van der Waals surface area contributed by atoms with E-state index in [1.807, 2.05) is 36.6 Å². The number of aromatic nitrogens is 1. The number of anilines is 1. The largest absolute Gasteiger partial charge is 0.493 e. The Bertz CT molecular complexity index is 1130. The zero-order chi connectivity index (χ0) is 22.1.